The van der Waals surface area contributed by atoms with Gasteiger partial charge in [0.2, 0.25) is 0 Å². The predicted octanol–water partition coefficient (Wildman–Crippen LogP) is 8.52. The summed E-state index contributed by atoms with van der Waals surface area (Å²) in [5.41, 5.74) is 5.13. The Bertz CT molecular complexity index is 1320. The van der Waals surface area contributed by atoms with Crippen molar-refractivity contribution < 1.29 is 62.8 Å². The van der Waals surface area contributed by atoms with Gasteiger partial charge in [0.1, 0.15) is 11.5 Å². The molecule has 10 heteroatoms. The second-order valence-corrected chi connectivity index (χ2v) is 16.1. The summed E-state index contributed by atoms with van der Waals surface area (Å²) in [6, 6.07) is 17.6. The molecule has 0 saturated heterocycles. The second kappa shape index (κ2) is 14.7. The third kappa shape index (κ3) is 9.23. The van der Waals surface area contributed by atoms with Gasteiger partial charge in [0.05, 0.1) is 19.2 Å². The van der Waals surface area contributed by atoms with Crippen molar-refractivity contribution in [2.75, 3.05) is 0 Å². The molecule has 0 heterocycles. The third-order valence-electron chi connectivity index (χ3n) is 8.26. The van der Waals surface area contributed by atoms with Gasteiger partial charge >= 0.3 is 38.6 Å². The van der Waals surface area contributed by atoms with Crippen LogP contribution in [-0.4, -0.2) is 18.3 Å². The normalized spacial score (nSPS) is 14.5. The molecule has 2 N–H and O–H groups in total. The van der Waals surface area contributed by atoms with Crippen LogP contribution >= 0.6 is 0 Å². The summed E-state index contributed by atoms with van der Waals surface area (Å²) in [5, 5.41) is 20.7. The Hall–Kier alpha value is -2.58. The van der Waals surface area contributed by atoms with Gasteiger partial charge in [-0.2, -0.15) is 71.1 Å². The van der Waals surface area contributed by atoms with Crippen molar-refractivity contribution in [2.24, 2.45) is 0 Å². The smallest absolute Gasteiger partial charge is 0.508 e. The van der Waals surface area contributed by atoms with Crippen molar-refractivity contribution in [3.8, 4) is 11.5 Å². The van der Waals surface area contributed by atoms with Crippen LogP contribution in [0.2, 0.25) is 13.1 Å². The van der Waals surface area contributed by atoms with E-state index in [1.165, 1.54) is 51.4 Å². The molecule has 0 unspecified atom stereocenters. The Morgan fingerprint density at radius 3 is 1.18 bits per heavy atom. The summed E-state index contributed by atoms with van der Waals surface area (Å²) >= 11 is 0. The van der Waals surface area contributed by atoms with Gasteiger partial charge in [-0.05, 0) is 48.5 Å². The van der Waals surface area contributed by atoms with E-state index in [2.05, 4.69) is 37.4 Å². The molecule has 6 rings (SSSR count). The Labute approximate surface area is 274 Å². The van der Waals surface area contributed by atoms with Crippen LogP contribution in [0.4, 0.5) is 26.3 Å². The molecule has 2 aliphatic rings. The van der Waals surface area contributed by atoms with Gasteiger partial charge in [-0.15, -0.1) is 0 Å². The van der Waals surface area contributed by atoms with Crippen molar-refractivity contribution in [3.63, 3.8) is 0 Å². The van der Waals surface area contributed by atoms with Gasteiger partial charge < -0.3 is 10.2 Å². The van der Waals surface area contributed by atoms with Crippen LogP contribution in [0.5, 0.6) is 11.5 Å². The molecule has 4 aromatic rings. The van der Waals surface area contributed by atoms with Crippen molar-refractivity contribution in [2.45, 2.75) is 76.8 Å². The number of hydrogen-bond donors (Lipinski definition) is 2. The summed E-state index contributed by atoms with van der Waals surface area (Å²) in [6.07, 6.45) is 2.18. The number of aromatic hydroxyl groups is 2. The zero-order chi connectivity index (χ0) is 31.4. The van der Waals surface area contributed by atoms with Gasteiger partial charge in [0.25, 0.3) is 0 Å². The SMILES string of the molecule is C[Si](C)(c1cc2c([cH-]1)CCCC2)c1cc2c([cH-]1)CCCC2.Oc1ccc(C(F)(F)F)cc1.Oc1ccc(C(F)(F)F)cc1.[Zr+2]. The third-order valence-corrected chi connectivity index (χ3v) is 11.7. The minimum Gasteiger partial charge on any atom is -0.508 e. The molecule has 0 atom stereocenters. The molecular formula is C34H36F6O2SiZr. The molecule has 0 bridgehead atoms. The Balaban J connectivity index is 0.000000197. The van der Waals surface area contributed by atoms with Crippen LogP contribution in [-0.2, 0) is 64.2 Å². The van der Waals surface area contributed by atoms with Gasteiger partial charge in [0, 0.05) is 0 Å². The van der Waals surface area contributed by atoms with Crippen LogP contribution in [0, 0.1) is 0 Å². The zero-order valence-electron chi connectivity index (χ0n) is 24.7. The van der Waals surface area contributed by atoms with E-state index >= 15 is 0 Å². The minimum atomic E-state index is -4.33. The van der Waals surface area contributed by atoms with Crippen LogP contribution in [0.25, 0.3) is 0 Å². The Morgan fingerprint density at radius 1 is 0.568 bits per heavy atom. The van der Waals surface area contributed by atoms with E-state index in [4.69, 9.17) is 10.2 Å². The van der Waals surface area contributed by atoms with E-state index in [0.717, 1.165) is 48.5 Å². The topological polar surface area (TPSA) is 40.5 Å². The average Bonchev–Trinajstić information content (AvgIpc) is 3.59. The van der Waals surface area contributed by atoms with Gasteiger partial charge in [-0.1, -0.05) is 64.5 Å². The molecule has 2 nitrogen and oxygen atoms in total. The molecular weight excluding hydrogens is 674 g/mol. The first-order valence-electron chi connectivity index (χ1n) is 14.4. The number of phenols is 2. The Morgan fingerprint density at radius 2 is 0.886 bits per heavy atom. The standard InChI is InChI=1S/C20H26Si.2C7H5F3O.Zr/c1-21(2,19-11-15-7-3-4-8-16(15)12-19)20-13-17-9-5-6-10-18(17)14-20;2*8-7(9,10)5-1-3-6(11)4-2-5;/h11-14H,3-10H2,1-2H3;2*1-4,11H;/q-2;;;+2. The molecule has 0 amide bonds. The summed E-state index contributed by atoms with van der Waals surface area (Å²) in [6.45, 7) is 5.10. The molecule has 0 aliphatic heterocycles. The van der Waals surface area contributed by atoms with E-state index in [-0.39, 0.29) is 37.7 Å². The monoisotopic (exact) mass is 708 g/mol. The van der Waals surface area contributed by atoms with E-state index in [0.29, 0.717) is 0 Å². The van der Waals surface area contributed by atoms with Crippen LogP contribution in [0.1, 0.15) is 59.1 Å². The fourth-order valence-electron chi connectivity index (χ4n) is 5.59. The number of halogens is 6. The van der Waals surface area contributed by atoms with Crippen LogP contribution in [0.3, 0.4) is 0 Å². The minimum absolute atomic E-state index is 0. The van der Waals surface area contributed by atoms with Gasteiger partial charge in [0.15, 0.2) is 0 Å². The zero-order valence-corrected chi connectivity index (χ0v) is 28.2. The number of phenolic OH excluding ortho intramolecular Hbond substituents is 2. The molecule has 0 fully saturated rings. The maximum absolute atomic E-state index is 11.8. The largest absolute Gasteiger partial charge is 2.00 e. The summed E-state index contributed by atoms with van der Waals surface area (Å²) < 4.78 is 71.0. The predicted molar refractivity (Wildman–Crippen MR) is 160 cm³/mol. The molecule has 234 valence electrons. The number of fused-ring (bicyclic) bond motifs is 2. The Kier molecular flexibility index (Phi) is 12.0. The molecule has 0 saturated carbocycles. The van der Waals surface area contributed by atoms with Crippen LogP contribution in [0.15, 0.2) is 72.8 Å². The molecule has 0 radical (unpaired) electrons. The van der Waals surface area contributed by atoms with Crippen molar-refractivity contribution in [1.29, 1.82) is 0 Å². The number of benzene rings is 2. The first kappa shape index (κ1) is 35.9. The molecule has 44 heavy (non-hydrogen) atoms. The van der Waals surface area contributed by atoms with Crippen molar-refractivity contribution in [3.05, 3.63) is 106 Å². The number of aryl methyl sites for hydroxylation is 4. The van der Waals surface area contributed by atoms with Gasteiger partial charge in [-0.25, -0.2) is 12.1 Å². The number of rotatable bonds is 2. The molecule has 4 aromatic carbocycles. The van der Waals surface area contributed by atoms with Gasteiger partial charge in [-0.3, -0.25) is 0 Å². The molecule has 0 aromatic heterocycles. The number of hydrogen-bond acceptors (Lipinski definition) is 2. The average molecular weight is 710 g/mol. The molecule has 0 spiro atoms. The maximum Gasteiger partial charge on any atom is 2.00 e. The fraction of sp³-hybridized carbons (Fsp3) is 0.353. The quantitative estimate of drug-likeness (QED) is 0.125. The molecule has 2 aliphatic carbocycles. The van der Waals surface area contributed by atoms with Crippen molar-refractivity contribution in [1.82, 2.24) is 0 Å². The summed E-state index contributed by atoms with van der Waals surface area (Å²) in [5.74, 6) is -0.337. The first-order chi connectivity index (χ1) is 20.1. The second-order valence-electron chi connectivity index (χ2n) is 11.7. The van der Waals surface area contributed by atoms with E-state index in [1.807, 2.05) is 0 Å². The summed E-state index contributed by atoms with van der Waals surface area (Å²) in [7, 11) is -1.49. The van der Waals surface area contributed by atoms with E-state index < -0.39 is 31.6 Å². The summed E-state index contributed by atoms with van der Waals surface area (Å²) in [4.78, 5) is 0. The maximum atomic E-state index is 11.8. The van der Waals surface area contributed by atoms with E-state index in [1.54, 1.807) is 32.6 Å². The van der Waals surface area contributed by atoms with Crippen molar-refractivity contribution >= 4 is 18.4 Å². The number of alkyl halides is 6. The first-order valence-corrected chi connectivity index (χ1v) is 17.4. The van der Waals surface area contributed by atoms with E-state index in [9.17, 15) is 26.3 Å². The van der Waals surface area contributed by atoms with Crippen LogP contribution < -0.4 is 10.4 Å². The fourth-order valence-corrected chi connectivity index (χ4v) is 8.06.